The Morgan fingerprint density at radius 2 is 1.69 bits per heavy atom. The number of benzene rings is 2. The second-order valence-electron chi connectivity index (χ2n) is 9.20. The fraction of sp³-hybridized carbons (Fsp3) is 0.286. The van der Waals surface area contributed by atoms with Gasteiger partial charge in [-0.2, -0.15) is 5.10 Å². The maximum atomic E-state index is 4.97. The number of aryl methyl sites for hydroxylation is 1. The highest BCUT2D eigenvalue weighted by atomic mass is 15.5. The maximum Gasteiger partial charge on any atom is 0.181 e. The normalized spacial score (nSPS) is 11.3. The van der Waals surface area contributed by atoms with Crippen molar-refractivity contribution in [3.05, 3.63) is 83.8 Å². The van der Waals surface area contributed by atoms with Gasteiger partial charge in [0.25, 0.3) is 0 Å². The molecular formula is C28H30N8. The first-order chi connectivity index (χ1) is 17.6. The van der Waals surface area contributed by atoms with E-state index in [-0.39, 0.29) is 0 Å². The van der Waals surface area contributed by atoms with Gasteiger partial charge in [0.2, 0.25) is 0 Å². The van der Waals surface area contributed by atoms with Gasteiger partial charge in [-0.15, -0.1) is 5.10 Å². The zero-order valence-electron chi connectivity index (χ0n) is 20.9. The van der Waals surface area contributed by atoms with Crippen LogP contribution in [0, 0.1) is 0 Å². The van der Waals surface area contributed by atoms with Crippen molar-refractivity contribution < 1.29 is 0 Å². The lowest BCUT2D eigenvalue weighted by Crippen LogP contribution is -2.07. The second kappa shape index (κ2) is 10.6. The lowest BCUT2D eigenvalue weighted by Gasteiger charge is -2.09. The minimum absolute atomic E-state index is 0.402. The molecule has 0 aliphatic heterocycles. The van der Waals surface area contributed by atoms with E-state index in [2.05, 4.69) is 71.7 Å². The first-order valence-corrected chi connectivity index (χ1v) is 12.5. The number of H-pyrrole nitrogens is 1. The Labute approximate surface area is 210 Å². The van der Waals surface area contributed by atoms with E-state index in [0.717, 1.165) is 58.9 Å². The molecule has 0 radical (unpaired) electrons. The highest BCUT2D eigenvalue weighted by molar-refractivity contribution is 5.78. The molecule has 0 aliphatic rings. The summed E-state index contributed by atoms with van der Waals surface area (Å²) in [6.45, 7) is 7.23. The Morgan fingerprint density at radius 3 is 2.39 bits per heavy atom. The summed E-state index contributed by atoms with van der Waals surface area (Å²) in [6, 6.07) is 20.5. The molecule has 3 heterocycles. The van der Waals surface area contributed by atoms with Crippen LogP contribution >= 0.6 is 0 Å². The lowest BCUT2D eigenvalue weighted by atomic mass is 9.97. The Hall–Kier alpha value is -4.20. The number of hydrogen-bond donors (Lipinski definition) is 1. The number of nitrogens with zero attached hydrogens (tertiary/aromatic N) is 7. The SMILES string of the molecule is CCCCc1nc(-c2ccccc2C(C)C)nn1Cc1ccc(-c2ccccc2-c2nnn[nH]2)nc1. The quantitative estimate of drug-likeness (QED) is 0.292. The van der Waals surface area contributed by atoms with Crippen LogP contribution in [-0.4, -0.2) is 40.4 Å². The van der Waals surface area contributed by atoms with Crippen molar-refractivity contribution in [3.8, 4) is 34.0 Å². The van der Waals surface area contributed by atoms with E-state index in [1.165, 1.54) is 5.56 Å². The molecule has 3 aromatic heterocycles. The topological polar surface area (TPSA) is 98.1 Å². The monoisotopic (exact) mass is 478 g/mol. The van der Waals surface area contributed by atoms with Crippen LogP contribution in [0.4, 0.5) is 0 Å². The molecule has 0 saturated heterocycles. The third-order valence-electron chi connectivity index (χ3n) is 6.29. The van der Waals surface area contributed by atoms with Crippen molar-refractivity contribution in [1.82, 2.24) is 40.4 Å². The van der Waals surface area contributed by atoms with E-state index in [4.69, 9.17) is 15.1 Å². The fourth-order valence-electron chi connectivity index (χ4n) is 4.38. The highest BCUT2D eigenvalue weighted by Gasteiger charge is 2.16. The summed E-state index contributed by atoms with van der Waals surface area (Å²) in [4.78, 5) is 9.74. The molecular weight excluding hydrogens is 448 g/mol. The first-order valence-electron chi connectivity index (χ1n) is 12.5. The number of unbranched alkanes of at least 4 members (excludes halogenated alkanes) is 1. The van der Waals surface area contributed by atoms with Gasteiger partial charge in [-0.3, -0.25) is 4.98 Å². The molecule has 0 saturated carbocycles. The van der Waals surface area contributed by atoms with Crippen molar-refractivity contribution in [1.29, 1.82) is 0 Å². The number of aromatic amines is 1. The van der Waals surface area contributed by atoms with Gasteiger partial charge < -0.3 is 0 Å². The summed E-state index contributed by atoms with van der Waals surface area (Å²) in [5, 5.41) is 19.3. The van der Waals surface area contributed by atoms with Gasteiger partial charge in [0.15, 0.2) is 11.6 Å². The zero-order chi connectivity index (χ0) is 24.9. The van der Waals surface area contributed by atoms with Crippen LogP contribution in [0.1, 0.15) is 56.5 Å². The molecule has 0 fully saturated rings. The summed E-state index contributed by atoms with van der Waals surface area (Å²) in [5.41, 5.74) is 6.19. The van der Waals surface area contributed by atoms with Crippen LogP contribution in [0.25, 0.3) is 34.0 Å². The summed E-state index contributed by atoms with van der Waals surface area (Å²) in [6.07, 6.45) is 5.00. The fourth-order valence-corrected chi connectivity index (χ4v) is 4.38. The Bertz CT molecular complexity index is 1420. The van der Waals surface area contributed by atoms with E-state index in [0.29, 0.717) is 18.3 Å². The zero-order valence-corrected chi connectivity index (χ0v) is 20.9. The molecule has 5 rings (SSSR count). The van der Waals surface area contributed by atoms with Crippen LogP contribution < -0.4 is 0 Å². The number of rotatable bonds is 9. The van der Waals surface area contributed by atoms with Crippen LogP contribution in [0.15, 0.2) is 66.9 Å². The minimum atomic E-state index is 0.402. The number of hydrogen-bond acceptors (Lipinski definition) is 6. The molecule has 0 unspecified atom stereocenters. The molecule has 0 atom stereocenters. The second-order valence-corrected chi connectivity index (χ2v) is 9.20. The molecule has 0 amide bonds. The largest absolute Gasteiger partial charge is 0.256 e. The molecule has 8 heteroatoms. The molecule has 0 bridgehead atoms. The van der Waals surface area contributed by atoms with Crippen molar-refractivity contribution in [2.24, 2.45) is 0 Å². The third kappa shape index (κ3) is 4.93. The Morgan fingerprint density at radius 1 is 0.917 bits per heavy atom. The molecule has 8 nitrogen and oxygen atoms in total. The van der Waals surface area contributed by atoms with Gasteiger partial charge in [-0.25, -0.2) is 14.8 Å². The van der Waals surface area contributed by atoms with E-state index < -0.39 is 0 Å². The smallest absolute Gasteiger partial charge is 0.181 e. The summed E-state index contributed by atoms with van der Waals surface area (Å²) >= 11 is 0. The number of nitrogens with one attached hydrogen (secondary N) is 1. The Kier molecular flexibility index (Phi) is 6.93. The summed E-state index contributed by atoms with van der Waals surface area (Å²) in [7, 11) is 0. The predicted octanol–water partition coefficient (Wildman–Crippen LogP) is 5.70. The highest BCUT2D eigenvalue weighted by Crippen LogP contribution is 2.29. The molecule has 182 valence electrons. The van der Waals surface area contributed by atoms with Crippen molar-refractivity contribution in [3.63, 3.8) is 0 Å². The van der Waals surface area contributed by atoms with Crippen molar-refractivity contribution >= 4 is 0 Å². The summed E-state index contributed by atoms with van der Waals surface area (Å²) in [5.74, 6) is 2.83. The molecule has 0 aliphatic carbocycles. The average molecular weight is 479 g/mol. The van der Waals surface area contributed by atoms with Gasteiger partial charge in [0, 0.05) is 29.3 Å². The van der Waals surface area contributed by atoms with E-state index in [1.54, 1.807) is 0 Å². The number of tetrazole rings is 1. The third-order valence-corrected chi connectivity index (χ3v) is 6.29. The molecule has 1 N–H and O–H groups in total. The average Bonchev–Trinajstić information content (AvgIpc) is 3.58. The Balaban J connectivity index is 1.44. The first kappa shape index (κ1) is 23.5. The molecule has 5 aromatic rings. The minimum Gasteiger partial charge on any atom is -0.256 e. The van der Waals surface area contributed by atoms with Gasteiger partial charge in [-0.05, 0) is 40.0 Å². The molecule has 2 aromatic carbocycles. The van der Waals surface area contributed by atoms with Gasteiger partial charge in [0.05, 0.1) is 12.2 Å². The molecule has 36 heavy (non-hydrogen) atoms. The van der Waals surface area contributed by atoms with Gasteiger partial charge in [-0.1, -0.05) is 81.8 Å². The number of aromatic nitrogens is 8. The van der Waals surface area contributed by atoms with Crippen molar-refractivity contribution in [2.45, 2.75) is 52.5 Å². The van der Waals surface area contributed by atoms with Crippen LogP contribution in [0.3, 0.4) is 0 Å². The molecule has 0 spiro atoms. The van der Waals surface area contributed by atoms with Crippen LogP contribution in [-0.2, 0) is 13.0 Å². The van der Waals surface area contributed by atoms with Gasteiger partial charge in [0.1, 0.15) is 5.82 Å². The van der Waals surface area contributed by atoms with E-state index >= 15 is 0 Å². The maximum absolute atomic E-state index is 4.97. The summed E-state index contributed by atoms with van der Waals surface area (Å²) < 4.78 is 2.03. The lowest BCUT2D eigenvalue weighted by molar-refractivity contribution is 0.617. The van der Waals surface area contributed by atoms with Crippen LogP contribution in [0.5, 0.6) is 0 Å². The predicted molar refractivity (Wildman–Crippen MR) is 140 cm³/mol. The van der Waals surface area contributed by atoms with E-state index in [1.807, 2.05) is 41.2 Å². The van der Waals surface area contributed by atoms with Crippen molar-refractivity contribution in [2.75, 3.05) is 0 Å². The van der Waals surface area contributed by atoms with Gasteiger partial charge >= 0.3 is 0 Å². The number of pyridine rings is 1. The van der Waals surface area contributed by atoms with E-state index in [9.17, 15) is 0 Å². The standard InChI is InChI=1S/C28H30N8/c1-4-5-14-26-30-27(23-12-8-6-10-21(23)19(2)3)33-36(26)18-20-15-16-25(29-17-20)22-11-7-9-13-24(22)28-31-34-35-32-28/h6-13,15-17,19H,4-5,14,18H2,1-3H3,(H,31,32,34,35). The van der Waals surface area contributed by atoms with Crippen LogP contribution in [0.2, 0.25) is 0 Å².